The van der Waals surface area contributed by atoms with E-state index in [0.717, 1.165) is 0 Å². The maximum Gasteiger partial charge on any atom is 0.303 e. The number of amides is 1. The Morgan fingerprint density at radius 3 is 2.57 bits per heavy atom. The number of nitrogens with zero attached hydrogens (tertiary/aromatic N) is 3. The molecule has 0 atom stereocenters. The predicted molar refractivity (Wildman–Crippen MR) is 73.1 cm³/mol. The molecule has 0 saturated carbocycles. The van der Waals surface area contributed by atoms with Crippen molar-refractivity contribution in [3.05, 3.63) is 28.1 Å². The predicted octanol–water partition coefficient (Wildman–Crippen LogP) is 1.52. The van der Waals surface area contributed by atoms with Gasteiger partial charge in [-0.15, -0.1) is 0 Å². The molecule has 0 unspecified atom stereocenters. The minimum absolute atomic E-state index is 0.0368. The van der Waals surface area contributed by atoms with Gasteiger partial charge in [0.1, 0.15) is 5.69 Å². The van der Waals surface area contributed by atoms with Crippen LogP contribution in [0.1, 0.15) is 36.8 Å². The molecule has 2 heterocycles. The van der Waals surface area contributed by atoms with Crippen molar-refractivity contribution < 1.29 is 19.6 Å². The Morgan fingerprint density at radius 2 is 2.10 bits per heavy atom. The number of hydrogen-bond donors (Lipinski definition) is 1. The first-order valence-electron chi connectivity index (χ1n) is 6.67. The summed E-state index contributed by atoms with van der Waals surface area (Å²) in [5, 5.41) is 19.5. The molecule has 0 bridgehead atoms. The largest absolute Gasteiger partial charge is 0.481 e. The van der Waals surface area contributed by atoms with Crippen molar-refractivity contribution in [1.82, 2.24) is 9.47 Å². The van der Waals surface area contributed by atoms with Crippen LogP contribution >= 0.6 is 0 Å². The summed E-state index contributed by atoms with van der Waals surface area (Å²) in [5.41, 5.74) is 0.153. The van der Waals surface area contributed by atoms with E-state index in [-0.39, 0.29) is 35.7 Å². The highest BCUT2D eigenvalue weighted by molar-refractivity contribution is 5.94. The number of hydrogen-bond acceptors (Lipinski definition) is 4. The summed E-state index contributed by atoms with van der Waals surface area (Å²) in [4.78, 5) is 34.8. The van der Waals surface area contributed by atoms with Crippen LogP contribution in [0.3, 0.4) is 0 Å². The van der Waals surface area contributed by atoms with E-state index >= 15 is 0 Å². The molecular weight excluding hydrogens is 278 g/mol. The van der Waals surface area contributed by atoms with Gasteiger partial charge in [0.2, 0.25) is 0 Å². The molecule has 8 nitrogen and oxygen atoms in total. The Kier molecular flexibility index (Phi) is 3.97. The maximum atomic E-state index is 12.4. The van der Waals surface area contributed by atoms with Gasteiger partial charge in [0, 0.05) is 31.1 Å². The Hall–Kier alpha value is -2.38. The Labute approximate surface area is 121 Å². The van der Waals surface area contributed by atoms with E-state index < -0.39 is 10.9 Å². The van der Waals surface area contributed by atoms with Crippen molar-refractivity contribution >= 4 is 17.6 Å². The number of carboxylic acid groups (broad SMARTS) is 1. The molecule has 114 valence electrons. The molecule has 1 aromatic rings. The molecule has 1 saturated heterocycles. The van der Waals surface area contributed by atoms with Crippen LogP contribution in [0, 0.1) is 16.0 Å². The van der Waals surface area contributed by atoms with E-state index in [4.69, 9.17) is 5.11 Å². The van der Waals surface area contributed by atoms with Gasteiger partial charge in [-0.25, -0.2) is 0 Å². The highest BCUT2D eigenvalue weighted by Crippen LogP contribution is 2.26. The third kappa shape index (κ3) is 3.04. The second-order valence-electron chi connectivity index (χ2n) is 5.52. The molecule has 1 amide bonds. The van der Waals surface area contributed by atoms with Gasteiger partial charge in [0.15, 0.2) is 0 Å². The van der Waals surface area contributed by atoms with Gasteiger partial charge in [-0.1, -0.05) is 0 Å². The fourth-order valence-electron chi connectivity index (χ4n) is 2.44. The quantitative estimate of drug-likeness (QED) is 0.655. The molecule has 0 spiro atoms. The molecule has 1 aliphatic rings. The molecular formula is C13H17N3O5. The van der Waals surface area contributed by atoms with Crippen LogP contribution in [-0.2, 0) is 4.79 Å². The minimum Gasteiger partial charge on any atom is -0.481 e. The van der Waals surface area contributed by atoms with E-state index in [0.29, 0.717) is 13.1 Å². The van der Waals surface area contributed by atoms with E-state index in [2.05, 4.69) is 0 Å². The third-order valence-electron chi connectivity index (χ3n) is 3.53. The molecule has 0 aromatic carbocycles. The number of rotatable bonds is 5. The second-order valence-corrected chi connectivity index (χ2v) is 5.52. The van der Waals surface area contributed by atoms with Gasteiger partial charge in [0.25, 0.3) is 11.6 Å². The SMILES string of the molecule is CC(C)n1cc([N+](=O)[O-])cc1C(=O)N1CC(CC(=O)O)C1. The van der Waals surface area contributed by atoms with Gasteiger partial charge in [0.05, 0.1) is 17.5 Å². The van der Waals surface area contributed by atoms with Crippen LogP contribution in [0.15, 0.2) is 12.3 Å². The summed E-state index contributed by atoms with van der Waals surface area (Å²) in [5.74, 6) is -1.21. The number of carboxylic acids is 1. The number of aliphatic carboxylic acids is 1. The lowest BCUT2D eigenvalue weighted by atomic mass is 9.96. The van der Waals surface area contributed by atoms with E-state index in [1.807, 2.05) is 13.8 Å². The zero-order valence-corrected chi connectivity index (χ0v) is 11.9. The van der Waals surface area contributed by atoms with Gasteiger partial charge >= 0.3 is 5.97 Å². The van der Waals surface area contributed by atoms with Gasteiger partial charge in [-0.3, -0.25) is 19.7 Å². The lowest BCUT2D eigenvalue weighted by molar-refractivity contribution is -0.384. The fraction of sp³-hybridized carbons (Fsp3) is 0.538. The lowest BCUT2D eigenvalue weighted by Crippen LogP contribution is -2.51. The monoisotopic (exact) mass is 295 g/mol. The Balaban J connectivity index is 2.13. The number of likely N-dealkylation sites (tertiary alicyclic amines) is 1. The van der Waals surface area contributed by atoms with Gasteiger partial charge in [-0.05, 0) is 13.8 Å². The second kappa shape index (κ2) is 5.55. The average Bonchev–Trinajstić information content (AvgIpc) is 2.77. The zero-order chi connectivity index (χ0) is 15.7. The number of aromatic nitrogens is 1. The summed E-state index contributed by atoms with van der Waals surface area (Å²) in [6, 6.07) is 1.20. The van der Waals surface area contributed by atoms with Crippen LogP contribution < -0.4 is 0 Å². The topological polar surface area (TPSA) is 106 Å². The first-order chi connectivity index (χ1) is 9.79. The van der Waals surface area contributed by atoms with E-state index in [9.17, 15) is 19.7 Å². The molecule has 1 aromatic heterocycles. The Morgan fingerprint density at radius 1 is 1.48 bits per heavy atom. The van der Waals surface area contributed by atoms with Crippen LogP contribution in [0.2, 0.25) is 0 Å². The molecule has 1 aliphatic heterocycles. The van der Waals surface area contributed by atoms with E-state index in [1.165, 1.54) is 17.2 Å². The zero-order valence-electron chi connectivity index (χ0n) is 11.9. The molecule has 2 rings (SSSR count). The molecule has 8 heteroatoms. The first-order valence-corrected chi connectivity index (χ1v) is 6.67. The van der Waals surface area contributed by atoms with Crippen molar-refractivity contribution in [2.45, 2.75) is 26.3 Å². The third-order valence-corrected chi connectivity index (χ3v) is 3.53. The van der Waals surface area contributed by atoms with Crippen molar-refractivity contribution in [2.75, 3.05) is 13.1 Å². The van der Waals surface area contributed by atoms with Crippen molar-refractivity contribution in [1.29, 1.82) is 0 Å². The lowest BCUT2D eigenvalue weighted by Gasteiger charge is -2.38. The number of carbonyl (C=O) groups is 2. The smallest absolute Gasteiger partial charge is 0.303 e. The fourth-order valence-corrected chi connectivity index (χ4v) is 2.44. The van der Waals surface area contributed by atoms with Crippen molar-refractivity contribution in [3.63, 3.8) is 0 Å². The normalized spacial score (nSPS) is 15.1. The standard InChI is InChI=1S/C13H17N3O5/c1-8(2)15-7-10(16(20)21)4-11(15)13(19)14-5-9(6-14)3-12(17)18/h4,7-9H,3,5-6H2,1-2H3,(H,17,18). The summed E-state index contributed by atoms with van der Waals surface area (Å²) in [6.45, 7) is 4.43. The number of nitro groups is 1. The highest BCUT2D eigenvalue weighted by Gasteiger charge is 2.34. The van der Waals surface area contributed by atoms with Crippen LogP contribution in [0.5, 0.6) is 0 Å². The summed E-state index contributed by atoms with van der Waals surface area (Å²) in [6.07, 6.45) is 1.39. The maximum absolute atomic E-state index is 12.4. The van der Waals surface area contributed by atoms with Gasteiger partial charge in [-0.2, -0.15) is 0 Å². The molecule has 1 N–H and O–H groups in total. The molecule has 0 radical (unpaired) electrons. The van der Waals surface area contributed by atoms with E-state index in [1.54, 1.807) is 4.57 Å². The Bertz CT molecular complexity index is 587. The summed E-state index contributed by atoms with van der Waals surface area (Å²) < 4.78 is 1.57. The van der Waals surface area contributed by atoms with Gasteiger partial charge < -0.3 is 14.6 Å². The van der Waals surface area contributed by atoms with Crippen LogP contribution in [0.4, 0.5) is 5.69 Å². The average molecular weight is 295 g/mol. The molecule has 1 fully saturated rings. The van der Waals surface area contributed by atoms with Crippen molar-refractivity contribution in [3.8, 4) is 0 Å². The summed E-state index contributed by atoms with van der Waals surface area (Å²) in [7, 11) is 0. The first kappa shape index (κ1) is 15.0. The van der Waals surface area contributed by atoms with Crippen molar-refractivity contribution in [2.24, 2.45) is 5.92 Å². The van der Waals surface area contributed by atoms with Crippen LogP contribution in [-0.4, -0.2) is 44.5 Å². The summed E-state index contributed by atoms with van der Waals surface area (Å²) >= 11 is 0. The molecule has 0 aliphatic carbocycles. The minimum atomic E-state index is -0.881. The van der Waals surface area contributed by atoms with Crippen LogP contribution in [0.25, 0.3) is 0 Å². The highest BCUT2D eigenvalue weighted by atomic mass is 16.6. The molecule has 21 heavy (non-hydrogen) atoms. The number of carbonyl (C=O) groups excluding carboxylic acids is 1.